The van der Waals surface area contributed by atoms with Gasteiger partial charge in [-0.2, -0.15) is 0 Å². The maximum atomic E-state index is 12.6. The summed E-state index contributed by atoms with van der Waals surface area (Å²) in [5.41, 5.74) is 1.23. The summed E-state index contributed by atoms with van der Waals surface area (Å²) in [7, 11) is 0. The summed E-state index contributed by atoms with van der Waals surface area (Å²) in [5.74, 6) is 2.16. The number of hydrogen-bond donors (Lipinski definition) is 1. The number of amides is 1. The topological polar surface area (TPSA) is 96.8 Å². The molecule has 136 valence electrons. The third kappa shape index (κ3) is 3.89. The molecule has 8 nitrogen and oxygen atoms in total. The van der Waals surface area contributed by atoms with Gasteiger partial charge in [-0.1, -0.05) is 6.07 Å². The standard InChI is InChI=1S/C19H19N7O/c1-13-10-17(24-16-4-2-3-6-22-16)25-18(23-13)14-5-9-26(12-14)19(27)15-11-20-7-8-21-15/h2-4,6-8,10-11,14H,5,9,12H2,1H3,(H,22,23,24,25). The Kier molecular flexibility index (Phi) is 4.69. The van der Waals surface area contributed by atoms with Crippen LogP contribution in [0.2, 0.25) is 0 Å². The van der Waals surface area contributed by atoms with Gasteiger partial charge in [-0.3, -0.25) is 9.78 Å². The van der Waals surface area contributed by atoms with Crippen molar-refractivity contribution in [3.8, 4) is 0 Å². The zero-order chi connectivity index (χ0) is 18.6. The summed E-state index contributed by atoms with van der Waals surface area (Å²) in [6, 6.07) is 7.55. The van der Waals surface area contributed by atoms with Crippen LogP contribution in [0.1, 0.15) is 34.3 Å². The predicted octanol–water partition coefficient (Wildman–Crippen LogP) is 2.34. The van der Waals surface area contributed by atoms with Crippen LogP contribution < -0.4 is 5.32 Å². The van der Waals surface area contributed by atoms with E-state index < -0.39 is 0 Å². The highest BCUT2D eigenvalue weighted by atomic mass is 16.2. The van der Waals surface area contributed by atoms with Crippen LogP contribution in [-0.2, 0) is 0 Å². The van der Waals surface area contributed by atoms with Crippen molar-refractivity contribution in [3.63, 3.8) is 0 Å². The Balaban J connectivity index is 1.50. The second-order valence-electron chi connectivity index (χ2n) is 6.42. The number of aromatic nitrogens is 5. The summed E-state index contributed by atoms with van der Waals surface area (Å²) >= 11 is 0. The Hall–Kier alpha value is -3.42. The minimum Gasteiger partial charge on any atom is -0.337 e. The number of nitrogens with one attached hydrogen (secondary N) is 1. The molecule has 3 aromatic heterocycles. The fourth-order valence-electron chi connectivity index (χ4n) is 3.13. The van der Waals surface area contributed by atoms with Crippen LogP contribution in [0, 0.1) is 6.92 Å². The molecule has 1 aliphatic rings. The number of likely N-dealkylation sites (tertiary alicyclic amines) is 1. The lowest BCUT2D eigenvalue weighted by atomic mass is 10.1. The molecule has 4 rings (SSSR count). The van der Waals surface area contributed by atoms with Gasteiger partial charge in [-0.25, -0.2) is 19.9 Å². The lowest BCUT2D eigenvalue weighted by Gasteiger charge is -2.16. The SMILES string of the molecule is Cc1cc(Nc2ccccn2)nc(C2CCN(C(=O)c3cnccn3)C2)n1. The Bertz CT molecular complexity index is 933. The Morgan fingerprint density at radius 2 is 2.07 bits per heavy atom. The normalized spacial score (nSPS) is 16.3. The number of carbonyl (C=O) groups is 1. The monoisotopic (exact) mass is 361 g/mol. The number of carbonyl (C=O) groups excluding carboxylic acids is 1. The zero-order valence-electron chi connectivity index (χ0n) is 14.9. The summed E-state index contributed by atoms with van der Waals surface area (Å²) in [6.45, 7) is 3.16. The molecule has 3 aromatic rings. The van der Waals surface area contributed by atoms with E-state index in [0.717, 1.165) is 23.8 Å². The fraction of sp³-hybridized carbons (Fsp3) is 0.263. The van der Waals surface area contributed by atoms with Crippen molar-refractivity contribution in [1.82, 2.24) is 29.8 Å². The van der Waals surface area contributed by atoms with Gasteiger partial charge in [0.2, 0.25) is 0 Å². The minimum absolute atomic E-state index is 0.0924. The molecule has 0 spiro atoms. The first-order valence-electron chi connectivity index (χ1n) is 8.78. The molecule has 1 aliphatic heterocycles. The molecule has 4 heterocycles. The van der Waals surface area contributed by atoms with Gasteiger partial charge < -0.3 is 10.2 Å². The van der Waals surface area contributed by atoms with Gasteiger partial charge in [0, 0.05) is 49.4 Å². The molecule has 1 atom stereocenters. The molecule has 0 bridgehead atoms. The van der Waals surface area contributed by atoms with Crippen LogP contribution in [0.3, 0.4) is 0 Å². The molecular weight excluding hydrogens is 342 g/mol. The van der Waals surface area contributed by atoms with Crippen LogP contribution in [0.5, 0.6) is 0 Å². The van der Waals surface area contributed by atoms with E-state index in [1.165, 1.54) is 12.4 Å². The zero-order valence-corrected chi connectivity index (χ0v) is 14.9. The van der Waals surface area contributed by atoms with Crippen molar-refractivity contribution in [3.05, 3.63) is 66.3 Å². The van der Waals surface area contributed by atoms with Gasteiger partial charge in [-0.15, -0.1) is 0 Å². The molecule has 1 unspecified atom stereocenters. The van der Waals surface area contributed by atoms with Crippen LogP contribution >= 0.6 is 0 Å². The summed E-state index contributed by atoms with van der Waals surface area (Å²) in [4.78, 5) is 35.9. The molecule has 0 radical (unpaired) electrons. The third-order valence-electron chi connectivity index (χ3n) is 4.42. The molecular formula is C19H19N7O. The van der Waals surface area contributed by atoms with Crippen molar-refractivity contribution >= 4 is 17.5 Å². The van der Waals surface area contributed by atoms with Crippen molar-refractivity contribution < 1.29 is 4.79 Å². The Morgan fingerprint density at radius 1 is 1.15 bits per heavy atom. The van der Waals surface area contributed by atoms with E-state index in [1.807, 2.05) is 31.2 Å². The van der Waals surface area contributed by atoms with E-state index in [1.54, 1.807) is 17.3 Å². The maximum absolute atomic E-state index is 12.6. The van der Waals surface area contributed by atoms with Crippen molar-refractivity contribution in [1.29, 1.82) is 0 Å². The first-order valence-corrected chi connectivity index (χ1v) is 8.78. The number of pyridine rings is 1. The fourth-order valence-corrected chi connectivity index (χ4v) is 3.13. The van der Waals surface area contributed by atoms with E-state index in [4.69, 9.17) is 0 Å². The highest BCUT2D eigenvalue weighted by Gasteiger charge is 2.30. The average Bonchev–Trinajstić information content (AvgIpc) is 3.19. The highest BCUT2D eigenvalue weighted by Crippen LogP contribution is 2.27. The molecule has 1 saturated heterocycles. The largest absolute Gasteiger partial charge is 0.337 e. The van der Waals surface area contributed by atoms with E-state index in [2.05, 4.69) is 30.2 Å². The number of nitrogens with zero attached hydrogens (tertiary/aromatic N) is 6. The predicted molar refractivity (Wildman–Crippen MR) is 99.6 cm³/mol. The van der Waals surface area contributed by atoms with Crippen LogP contribution in [0.4, 0.5) is 11.6 Å². The van der Waals surface area contributed by atoms with Gasteiger partial charge in [0.15, 0.2) is 0 Å². The molecule has 0 aliphatic carbocycles. The summed E-state index contributed by atoms with van der Waals surface area (Å²) in [5, 5.41) is 3.21. The second kappa shape index (κ2) is 7.45. The lowest BCUT2D eigenvalue weighted by Crippen LogP contribution is -2.29. The van der Waals surface area contributed by atoms with Gasteiger partial charge in [0.25, 0.3) is 5.91 Å². The highest BCUT2D eigenvalue weighted by molar-refractivity contribution is 5.92. The van der Waals surface area contributed by atoms with E-state index in [9.17, 15) is 4.79 Å². The number of anilines is 2. The van der Waals surface area contributed by atoms with E-state index in [0.29, 0.717) is 24.6 Å². The van der Waals surface area contributed by atoms with Gasteiger partial charge >= 0.3 is 0 Å². The quantitative estimate of drug-likeness (QED) is 0.762. The average molecular weight is 361 g/mol. The molecule has 1 N–H and O–H groups in total. The van der Waals surface area contributed by atoms with Crippen molar-refractivity contribution in [2.45, 2.75) is 19.3 Å². The number of hydrogen-bond acceptors (Lipinski definition) is 7. The van der Waals surface area contributed by atoms with Gasteiger partial charge in [-0.05, 0) is 25.5 Å². The first kappa shape index (κ1) is 17.0. The molecule has 8 heteroatoms. The van der Waals surface area contributed by atoms with Crippen LogP contribution in [0.15, 0.2) is 49.1 Å². The van der Waals surface area contributed by atoms with Crippen LogP contribution in [-0.4, -0.2) is 48.8 Å². The first-order chi connectivity index (χ1) is 13.2. The smallest absolute Gasteiger partial charge is 0.274 e. The van der Waals surface area contributed by atoms with Gasteiger partial charge in [0.1, 0.15) is 23.2 Å². The lowest BCUT2D eigenvalue weighted by molar-refractivity contribution is 0.0784. The Labute approximate surface area is 156 Å². The van der Waals surface area contributed by atoms with Gasteiger partial charge in [0.05, 0.1) is 6.20 Å². The molecule has 1 fully saturated rings. The number of rotatable bonds is 4. The third-order valence-corrected chi connectivity index (χ3v) is 4.42. The van der Waals surface area contributed by atoms with Crippen molar-refractivity contribution in [2.24, 2.45) is 0 Å². The summed E-state index contributed by atoms with van der Waals surface area (Å²) < 4.78 is 0. The second-order valence-corrected chi connectivity index (χ2v) is 6.42. The molecule has 0 saturated carbocycles. The summed E-state index contributed by atoms with van der Waals surface area (Å²) in [6.07, 6.45) is 7.12. The molecule has 27 heavy (non-hydrogen) atoms. The maximum Gasteiger partial charge on any atom is 0.274 e. The van der Waals surface area contributed by atoms with E-state index >= 15 is 0 Å². The minimum atomic E-state index is -0.106. The molecule has 1 amide bonds. The van der Waals surface area contributed by atoms with Crippen molar-refractivity contribution in [2.75, 3.05) is 18.4 Å². The van der Waals surface area contributed by atoms with Crippen LogP contribution in [0.25, 0.3) is 0 Å². The molecule has 0 aromatic carbocycles. The Morgan fingerprint density at radius 3 is 2.85 bits per heavy atom. The van der Waals surface area contributed by atoms with E-state index in [-0.39, 0.29) is 11.8 Å². The number of aryl methyl sites for hydroxylation is 1.